The number of imide groups is 1. The topological polar surface area (TPSA) is 80.8 Å². The van der Waals surface area contributed by atoms with Gasteiger partial charge in [-0.2, -0.15) is 13.2 Å². The van der Waals surface area contributed by atoms with Gasteiger partial charge in [-0.1, -0.05) is 6.07 Å². The van der Waals surface area contributed by atoms with Crippen LogP contribution in [0.3, 0.4) is 0 Å². The number of alkyl halides is 3. The lowest BCUT2D eigenvalue weighted by Gasteiger charge is -2.27. The zero-order chi connectivity index (χ0) is 21.9. The first-order chi connectivity index (χ1) is 13.9. The predicted molar refractivity (Wildman–Crippen MR) is 99.0 cm³/mol. The van der Waals surface area contributed by atoms with Crippen molar-refractivity contribution in [2.75, 3.05) is 4.90 Å². The number of urea groups is 1. The molecule has 10 heteroatoms. The molecule has 1 fully saturated rings. The molecule has 4 rings (SSSR count). The highest BCUT2D eigenvalue weighted by molar-refractivity contribution is 6.22. The summed E-state index contributed by atoms with van der Waals surface area (Å²) < 4.78 is 51.0. The quantitative estimate of drug-likeness (QED) is 0.758. The summed E-state index contributed by atoms with van der Waals surface area (Å²) in [6.45, 7) is 4.02. The Morgan fingerprint density at radius 2 is 1.90 bits per heavy atom. The second-order valence-corrected chi connectivity index (χ2v) is 7.79. The number of hydrogen-bond donors (Lipinski definition) is 1. The fourth-order valence-electron chi connectivity index (χ4n) is 3.39. The maximum atomic E-state index is 13.4. The summed E-state index contributed by atoms with van der Waals surface area (Å²) in [6.07, 6.45) is -3.29. The fourth-order valence-corrected chi connectivity index (χ4v) is 3.39. The molecule has 2 aliphatic rings. The van der Waals surface area contributed by atoms with E-state index < -0.39 is 29.3 Å². The lowest BCUT2D eigenvalue weighted by molar-refractivity contribution is -0.272. The second kappa shape index (κ2) is 6.43. The number of amides is 3. The Kier molecular flexibility index (Phi) is 4.32. The molecule has 1 aromatic carbocycles. The molecule has 3 amide bonds. The largest absolute Gasteiger partial charge is 0.439 e. The van der Waals surface area contributed by atoms with Crippen LogP contribution in [0, 0.1) is 0 Å². The summed E-state index contributed by atoms with van der Waals surface area (Å²) in [7, 11) is 0. The average Bonchev–Trinajstić information content (AvgIpc) is 3.10. The first-order valence-corrected chi connectivity index (χ1v) is 9.07. The number of pyridine rings is 1. The van der Waals surface area contributed by atoms with Crippen LogP contribution >= 0.6 is 0 Å². The average molecular weight is 421 g/mol. The van der Waals surface area contributed by atoms with Crippen LogP contribution in [0.2, 0.25) is 0 Å². The Labute approximate surface area is 169 Å². The van der Waals surface area contributed by atoms with Crippen LogP contribution in [0.25, 0.3) is 0 Å². The van der Waals surface area contributed by atoms with Crippen molar-refractivity contribution in [3.63, 3.8) is 0 Å². The third-order valence-corrected chi connectivity index (χ3v) is 5.21. The van der Waals surface area contributed by atoms with Gasteiger partial charge in [0.1, 0.15) is 11.3 Å². The van der Waals surface area contributed by atoms with E-state index in [1.165, 1.54) is 36.5 Å². The van der Waals surface area contributed by atoms with Gasteiger partial charge in [-0.05, 0) is 44.5 Å². The van der Waals surface area contributed by atoms with E-state index in [1.54, 1.807) is 13.8 Å². The molecule has 7 nitrogen and oxygen atoms in total. The van der Waals surface area contributed by atoms with Crippen LogP contribution in [0.4, 0.5) is 23.7 Å². The van der Waals surface area contributed by atoms with E-state index in [0.29, 0.717) is 5.56 Å². The van der Waals surface area contributed by atoms with Crippen LogP contribution < -0.4 is 15.0 Å². The summed E-state index contributed by atoms with van der Waals surface area (Å²) in [5, 5.41) is 2.56. The van der Waals surface area contributed by atoms with Crippen molar-refractivity contribution in [1.29, 1.82) is 0 Å². The lowest BCUT2D eigenvalue weighted by atomic mass is 9.93. The molecule has 0 spiro atoms. The van der Waals surface area contributed by atoms with Gasteiger partial charge in [-0.3, -0.25) is 4.79 Å². The number of anilines is 1. The van der Waals surface area contributed by atoms with Crippen molar-refractivity contribution in [1.82, 2.24) is 10.3 Å². The highest BCUT2D eigenvalue weighted by Gasteiger charge is 2.57. The molecule has 3 heterocycles. The summed E-state index contributed by atoms with van der Waals surface area (Å²) in [6, 6.07) is 6.66. The highest BCUT2D eigenvalue weighted by atomic mass is 19.4. The molecule has 0 aliphatic carbocycles. The number of aromatic nitrogens is 1. The monoisotopic (exact) mass is 421 g/mol. The smallest absolute Gasteiger partial charge is 0.421 e. The van der Waals surface area contributed by atoms with Gasteiger partial charge >= 0.3 is 12.2 Å². The van der Waals surface area contributed by atoms with E-state index >= 15 is 0 Å². The van der Waals surface area contributed by atoms with E-state index in [0.717, 1.165) is 11.8 Å². The van der Waals surface area contributed by atoms with E-state index in [1.807, 2.05) is 0 Å². The molecule has 1 atom stereocenters. The molecule has 0 unspecified atom stereocenters. The molecular formula is C20H18F3N3O4. The van der Waals surface area contributed by atoms with E-state index in [2.05, 4.69) is 10.3 Å². The van der Waals surface area contributed by atoms with Gasteiger partial charge < -0.3 is 14.8 Å². The van der Waals surface area contributed by atoms with Crippen LogP contribution in [0.15, 0.2) is 36.5 Å². The number of hydrogen-bond acceptors (Lipinski definition) is 5. The number of fused-ring (bicyclic) bond motifs is 1. The maximum Gasteiger partial charge on any atom is 0.421 e. The van der Waals surface area contributed by atoms with E-state index in [4.69, 9.17) is 9.47 Å². The van der Waals surface area contributed by atoms with Crippen molar-refractivity contribution >= 4 is 17.6 Å². The Morgan fingerprint density at radius 1 is 1.17 bits per heavy atom. The van der Waals surface area contributed by atoms with Crippen LogP contribution in [0.5, 0.6) is 11.6 Å². The number of carbonyl (C=O) groups is 2. The van der Waals surface area contributed by atoms with Gasteiger partial charge in [-0.15, -0.1) is 0 Å². The molecule has 2 aliphatic heterocycles. The van der Waals surface area contributed by atoms with E-state index in [-0.39, 0.29) is 29.5 Å². The number of halogens is 3. The predicted octanol–water partition coefficient (Wildman–Crippen LogP) is 4.02. The molecular weight excluding hydrogens is 403 g/mol. The second-order valence-electron chi connectivity index (χ2n) is 7.79. The normalized spacial score (nSPS) is 22.8. The first-order valence-electron chi connectivity index (χ1n) is 9.07. The number of ether oxygens (including phenoxy) is 2. The number of carbonyl (C=O) groups excluding carboxylic acids is 2. The molecule has 158 valence electrons. The van der Waals surface area contributed by atoms with Crippen molar-refractivity contribution < 1.29 is 32.2 Å². The number of rotatable bonds is 3. The summed E-state index contributed by atoms with van der Waals surface area (Å²) in [4.78, 5) is 29.4. The van der Waals surface area contributed by atoms with Gasteiger partial charge in [0.2, 0.25) is 5.88 Å². The number of nitrogens with one attached hydrogen (secondary N) is 1. The number of benzene rings is 1. The molecule has 30 heavy (non-hydrogen) atoms. The minimum absolute atomic E-state index is 0.00862. The third-order valence-electron chi connectivity index (χ3n) is 5.21. The lowest BCUT2D eigenvalue weighted by Crippen LogP contribution is -2.40. The Morgan fingerprint density at radius 3 is 2.47 bits per heavy atom. The molecule has 1 N–H and O–H groups in total. The van der Waals surface area contributed by atoms with Crippen molar-refractivity contribution in [3.05, 3.63) is 47.7 Å². The van der Waals surface area contributed by atoms with Crippen molar-refractivity contribution in [2.24, 2.45) is 0 Å². The van der Waals surface area contributed by atoms with Gasteiger partial charge in [0.25, 0.3) is 5.91 Å². The molecule has 2 aromatic rings. The van der Waals surface area contributed by atoms with Gasteiger partial charge in [0.05, 0.1) is 18.5 Å². The van der Waals surface area contributed by atoms with Gasteiger partial charge in [0.15, 0.2) is 5.60 Å². The van der Waals surface area contributed by atoms with Crippen LogP contribution in [-0.4, -0.2) is 28.6 Å². The number of nitrogens with zero attached hydrogens (tertiary/aromatic N) is 2. The third kappa shape index (κ3) is 3.07. The van der Waals surface area contributed by atoms with Crippen LogP contribution in [-0.2, 0) is 21.7 Å². The Hall–Kier alpha value is -3.14. The first kappa shape index (κ1) is 20.1. The van der Waals surface area contributed by atoms with Gasteiger partial charge in [-0.25, -0.2) is 14.7 Å². The molecule has 0 bridgehead atoms. The maximum absolute atomic E-state index is 13.4. The highest BCUT2D eigenvalue weighted by Crippen LogP contribution is 2.48. The van der Waals surface area contributed by atoms with E-state index in [9.17, 15) is 22.8 Å². The SMILES string of the molecule is CC1(C)NC(=O)N(c2ccc(Oc3ccc4c(c3)[C@@](C)(C(F)(F)F)OC4)nc2)C1=O. The Bertz CT molecular complexity index is 1040. The zero-order valence-electron chi connectivity index (χ0n) is 16.3. The van der Waals surface area contributed by atoms with Crippen molar-refractivity contribution in [3.8, 4) is 11.6 Å². The molecule has 1 aromatic heterocycles. The zero-order valence-corrected chi connectivity index (χ0v) is 16.3. The summed E-state index contributed by atoms with van der Waals surface area (Å²) >= 11 is 0. The van der Waals surface area contributed by atoms with Crippen LogP contribution in [0.1, 0.15) is 31.9 Å². The minimum atomic E-state index is -4.58. The minimum Gasteiger partial charge on any atom is -0.439 e. The molecule has 0 saturated carbocycles. The summed E-state index contributed by atoms with van der Waals surface area (Å²) in [5.74, 6) is -0.170. The fraction of sp³-hybridized carbons (Fsp3) is 0.350. The standard InChI is InChI=1S/C20H18F3N3O4/c1-18(2)16(27)26(17(28)25-18)12-5-7-15(24-9-12)30-13-6-4-11-10-29-19(3,14(11)8-13)20(21,22)23/h4-9H,10H2,1-3H3,(H,25,28)/t19-/m0/s1. The molecule has 0 radical (unpaired) electrons. The van der Waals surface area contributed by atoms with Crippen molar-refractivity contribution in [2.45, 2.75) is 44.7 Å². The Balaban J connectivity index is 1.56. The summed E-state index contributed by atoms with van der Waals surface area (Å²) in [5.41, 5.74) is -2.75. The molecule has 1 saturated heterocycles. The van der Waals surface area contributed by atoms with Gasteiger partial charge in [0, 0.05) is 11.6 Å².